The van der Waals surface area contributed by atoms with Crippen LogP contribution in [0.15, 0.2) is 18.2 Å². The third-order valence-electron chi connectivity index (χ3n) is 4.13. The summed E-state index contributed by atoms with van der Waals surface area (Å²) in [6, 6.07) is 4.83. The van der Waals surface area contributed by atoms with Gasteiger partial charge in [-0.2, -0.15) is 0 Å². The van der Waals surface area contributed by atoms with E-state index in [1.165, 1.54) is 11.1 Å². The number of hydrogen-bond acceptors (Lipinski definition) is 2. The van der Waals surface area contributed by atoms with E-state index in [0.717, 1.165) is 19.3 Å². The van der Waals surface area contributed by atoms with E-state index in [0.29, 0.717) is 12.0 Å². The molecule has 4 nitrogen and oxygen atoms in total. The molecule has 1 aliphatic rings. The Balaban J connectivity index is 2.12. The molecular formula is C16H21NO3. The molecule has 0 unspecified atom stereocenters. The predicted octanol–water partition coefficient (Wildman–Crippen LogP) is 2.40. The summed E-state index contributed by atoms with van der Waals surface area (Å²) in [6.07, 6.45) is 3.92. The van der Waals surface area contributed by atoms with E-state index in [2.05, 4.69) is 5.32 Å². The third kappa shape index (κ3) is 3.00. The molecular weight excluding hydrogens is 254 g/mol. The molecule has 2 rings (SSSR count). The minimum absolute atomic E-state index is 0.0918. The van der Waals surface area contributed by atoms with E-state index in [4.69, 9.17) is 0 Å². The molecule has 0 aromatic heterocycles. The highest BCUT2D eigenvalue weighted by Crippen LogP contribution is 2.23. The Morgan fingerprint density at radius 3 is 2.65 bits per heavy atom. The van der Waals surface area contributed by atoms with Crippen LogP contribution in [0.1, 0.15) is 48.2 Å². The molecule has 1 aliphatic carbocycles. The number of hydrogen-bond donors (Lipinski definition) is 2. The van der Waals surface area contributed by atoms with E-state index in [-0.39, 0.29) is 11.8 Å². The fraction of sp³-hybridized carbons (Fsp3) is 0.500. The number of amides is 1. The third-order valence-corrected chi connectivity index (χ3v) is 4.13. The second kappa shape index (κ2) is 6.07. The average Bonchev–Trinajstić information content (AvgIpc) is 2.90. The molecule has 0 heterocycles. The van der Waals surface area contributed by atoms with Crippen LogP contribution in [0.5, 0.6) is 0 Å². The first-order valence-corrected chi connectivity index (χ1v) is 7.18. The second-order valence-corrected chi connectivity index (χ2v) is 5.51. The summed E-state index contributed by atoms with van der Waals surface area (Å²) >= 11 is 0. The van der Waals surface area contributed by atoms with Gasteiger partial charge in [-0.15, -0.1) is 0 Å². The molecule has 2 atom stereocenters. The Kier molecular flexibility index (Phi) is 4.42. The standard InChI is InChI=1S/C16H21NO3/c1-3-10(2)14(16(19)20)17-15(18)13-8-7-11-5-4-6-12(11)9-13/h7-10,14H,3-6H2,1-2H3,(H,17,18)(H,19,20)/t10-,14-/m0/s1. The molecule has 0 radical (unpaired) electrons. The topological polar surface area (TPSA) is 66.4 Å². The van der Waals surface area contributed by atoms with E-state index in [1.54, 1.807) is 6.07 Å². The van der Waals surface area contributed by atoms with E-state index >= 15 is 0 Å². The summed E-state index contributed by atoms with van der Waals surface area (Å²) in [7, 11) is 0. The van der Waals surface area contributed by atoms with Crippen LogP contribution in [0, 0.1) is 5.92 Å². The van der Waals surface area contributed by atoms with Crippen LogP contribution in [0.25, 0.3) is 0 Å². The van der Waals surface area contributed by atoms with Gasteiger partial charge in [-0.3, -0.25) is 4.79 Å². The van der Waals surface area contributed by atoms with Gasteiger partial charge in [-0.25, -0.2) is 4.79 Å². The highest BCUT2D eigenvalue weighted by atomic mass is 16.4. The molecule has 1 aromatic rings. The molecule has 0 spiro atoms. The summed E-state index contributed by atoms with van der Waals surface area (Å²) in [4.78, 5) is 23.4. The maximum Gasteiger partial charge on any atom is 0.326 e. The van der Waals surface area contributed by atoms with Gasteiger partial charge in [0.2, 0.25) is 0 Å². The summed E-state index contributed by atoms with van der Waals surface area (Å²) in [6.45, 7) is 3.75. The molecule has 4 heteroatoms. The normalized spacial score (nSPS) is 16.3. The van der Waals surface area contributed by atoms with Crippen LogP contribution in [0.2, 0.25) is 0 Å². The first-order chi connectivity index (χ1) is 9.52. The van der Waals surface area contributed by atoms with E-state index < -0.39 is 12.0 Å². The second-order valence-electron chi connectivity index (χ2n) is 5.51. The number of carboxylic acid groups (broad SMARTS) is 1. The van der Waals surface area contributed by atoms with Crippen molar-refractivity contribution >= 4 is 11.9 Å². The van der Waals surface area contributed by atoms with Crippen molar-refractivity contribution < 1.29 is 14.7 Å². The molecule has 0 fully saturated rings. The Hall–Kier alpha value is -1.84. The lowest BCUT2D eigenvalue weighted by Crippen LogP contribution is -2.45. The van der Waals surface area contributed by atoms with Gasteiger partial charge < -0.3 is 10.4 Å². The summed E-state index contributed by atoms with van der Waals surface area (Å²) in [5, 5.41) is 11.8. The molecule has 1 aromatic carbocycles. The molecule has 1 amide bonds. The van der Waals surface area contributed by atoms with Gasteiger partial charge in [0.15, 0.2) is 0 Å². The van der Waals surface area contributed by atoms with Crippen LogP contribution in [-0.2, 0) is 17.6 Å². The van der Waals surface area contributed by atoms with Crippen molar-refractivity contribution in [3.8, 4) is 0 Å². The zero-order valence-corrected chi connectivity index (χ0v) is 12.0. The van der Waals surface area contributed by atoms with Crippen molar-refractivity contribution in [3.05, 3.63) is 34.9 Å². The number of carbonyl (C=O) groups is 2. The molecule has 108 valence electrons. The molecule has 0 aliphatic heterocycles. The summed E-state index contributed by atoms with van der Waals surface area (Å²) in [5.41, 5.74) is 3.08. The Morgan fingerprint density at radius 1 is 1.30 bits per heavy atom. The number of carbonyl (C=O) groups excluding carboxylic acids is 1. The fourth-order valence-electron chi connectivity index (χ4n) is 2.62. The quantitative estimate of drug-likeness (QED) is 0.867. The van der Waals surface area contributed by atoms with Crippen molar-refractivity contribution in [3.63, 3.8) is 0 Å². The van der Waals surface area contributed by atoms with Crippen molar-refractivity contribution in [2.24, 2.45) is 5.92 Å². The van der Waals surface area contributed by atoms with Crippen molar-refractivity contribution in [1.29, 1.82) is 0 Å². The van der Waals surface area contributed by atoms with Gasteiger partial charge in [-0.1, -0.05) is 26.3 Å². The van der Waals surface area contributed by atoms with E-state index in [9.17, 15) is 14.7 Å². The van der Waals surface area contributed by atoms with Crippen LogP contribution in [-0.4, -0.2) is 23.0 Å². The molecule has 0 bridgehead atoms. The smallest absolute Gasteiger partial charge is 0.326 e. The van der Waals surface area contributed by atoms with Crippen LogP contribution >= 0.6 is 0 Å². The number of benzene rings is 1. The largest absolute Gasteiger partial charge is 0.480 e. The van der Waals surface area contributed by atoms with Crippen LogP contribution in [0.4, 0.5) is 0 Å². The van der Waals surface area contributed by atoms with Gasteiger partial charge >= 0.3 is 5.97 Å². The SMILES string of the molecule is CC[C@H](C)[C@H](NC(=O)c1ccc2c(c1)CCC2)C(=O)O. The first-order valence-electron chi connectivity index (χ1n) is 7.18. The number of fused-ring (bicyclic) bond motifs is 1. The molecule has 2 N–H and O–H groups in total. The molecule has 20 heavy (non-hydrogen) atoms. The Labute approximate surface area is 119 Å². The van der Waals surface area contributed by atoms with Crippen LogP contribution in [0.3, 0.4) is 0 Å². The predicted molar refractivity (Wildman–Crippen MR) is 76.8 cm³/mol. The monoisotopic (exact) mass is 275 g/mol. The lowest BCUT2D eigenvalue weighted by atomic mass is 9.98. The lowest BCUT2D eigenvalue weighted by molar-refractivity contribution is -0.140. The number of nitrogens with one attached hydrogen (secondary N) is 1. The summed E-state index contributed by atoms with van der Waals surface area (Å²) in [5.74, 6) is -1.37. The fourth-order valence-corrected chi connectivity index (χ4v) is 2.62. The minimum Gasteiger partial charge on any atom is -0.480 e. The minimum atomic E-state index is -0.978. The van der Waals surface area contributed by atoms with Crippen molar-refractivity contribution in [2.45, 2.75) is 45.6 Å². The average molecular weight is 275 g/mol. The zero-order chi connectivity index (χ0) is 14.7. The maximum absolute atomic E-state index is 12.2. The highest BCUT2D eigenvalue weighted by molar-refractivity contribution is 5.96. The number of carboxylic acids is 1. The first kappa shape index (κ1) is 14.6. The van der Waals surface area contributed by atoms with Gasteiger partial charge in [0, 0.05) is 5.56 Å². The van der Waals surface area contributed by atoms with Gasteiger partial charge in [0.25, 0.3) is 5.91 Å². The Bertz CT molecular complexity index is 524. The summed E-state index contributed by atoms with van der Waals surface area (Å²) < 4.78 is 0. The van der Waals surface area contributed by atoms with Crippen LogP contribution < -0.4 is 5.32 Å². The highest BCUT2D eigenvalue weighted by Gasteiger charge is 2.26. The lowest BCUT2D eigenvalue weighted by Gasteiger charge is -2.20. The molecule has 0 saturated heterocycles. The van der Waals surface area contributed by atoms with Gasteiger partial charge in [0.1, 0.15) is 6.04 Å². The van der Waals surface area contributed by atoms with Crippen molar-refractivity contribution in [2.75, 3.05) is 0 Å². The number of rotatable bonds is 5. The zero-order valence-electron chi connectivity index (χ0n) is 12.0. The van der Waals surface area contributed by atoms with Crippen molar-refractivity contribution in [1.82, 2.24) is 5.32 Å². The van der Waals surface area contributed by atoms with Gasteiger partial charge in [-0.05, 0) is 48.4 Å². The molecule has 0 saturated carbocycles. The maximum atomic E-state index is 12.2. The van der Waals surface area contributed by atoms with Gasteiger partial charge in [0.05, 0.1) is 0 Å². The van der Waals surface area contributed by atoms with E-state index in [1.807, 2.05) is 26.0 Å². The Morgan fingerprint density at radius 2 is 2.00 bits per heavy atom. The number of aryl methyl sites for hydroxylation is 2. The number of aliphatic carboxylic acids is 1.